The van der Waals surface area contributed by atoms with E-state index in [4.69, 9.17) is 16.3 Å². The fourth-order valence-electron chi connectivity index (χ4n) is 4.73. The fourth-order valence-corrected chi connectivity index (χ4v) is 4.86. The third kappa shape index (κ3) is 8.33. The van der Waals surface area contributed by atoms with Gasteiger partial charge in [0.15, 0.2) is 0 Å². The number of unbranched alkanes of at least 4 members (excludes halogenated alkanes) is 3. The summed E-state index contributed by atoms with van der Waals surface area (Å²) >= 11 is 5.87. The van der Waals surface area contributed by atoms with Gasteiger partial charge in [-0.15, -0.1) is 0 Å². The molecule has 31 heavy (non-hydrogen) atoms. The minimum Gasteiger partial charge on any atom is -0.423 e. The Bertz CT molecular complexity index is 774. The van der Waals surface area contributed by atoms with Crippen LogP contribution in [0.5, 0.6) is 5.75 Å². The van der Waals surface area contributed by atoms with Crippen molar-refractivity contribution in [2.75, 3.05) is 0 Å². The Balaban J connectivity index is 1.32. The number of hydrogen-bond acceptors (Lipinski definition) is 2. The molecule has 0 atom stereocenters. The molecule has 3 heteroatoms. The van der Waals surface area contributed by atoms with Crippen LogP contribution in [0, 0.1) is 11.8 Å². The van der Waals surface area contributed by atoms with Crippen LogP contribution in [0.3, 0.4) is 0 Å². The van der Waals surface area contributed by atoms with Crippen LogP contribution >= 0.6 is 11.6 Å². The van der Waals surface area contributed by atoms with E-state index >= 15 is 0 Å². The summed E-state index contributed by atoms with van der Waals surface area (Å²) in [6, 6.07) is 14.7. The van der Waals surface area contributed by atoms with Gasteiger partial charge in [-0.05, 0) is 66.6 Å². The Morgan fingerprint density at radius 2 is 1.42 bits per heavy atom. The molecule has 0 saturated heterocycles. The second kappa shape index (κ2) is 12.9. The SMILES string of the molecule is CCCCC[C@H]1CC[C@H](CCCCc2ccc(C(=O)Oc3ccc(Cl)cc3)cc2)CC1. The zero-order valence-corrected chi connectivity index (χ0v) is 19.7. The summed E-state index contributed by atoms with van der Waals surface area (Å²) in [6.45, 7) is 2.29. The van der Waals surface area contributed by atoms with Gasteiger partial charge in [-0.1, -0.05) is 94.9 Å². The topological polar surface area (TPSA) is 26.3 Å². The lowest BCUT2D eigenvalue weighted by atomic mass is 9.78. The second-order valence-corrected chi connectivity index (χ2v) is 9.61. The summed E-state index contributed by atoms with van der Waals surface area (Å²) in [5.74, 6) is 2.13. The lowest BCUT2D eigenvalue weighted by Crippen LogP contribution is -2.14. The third-order valence-electron chi connectivity index (χ3n) is 6.72. The molecule has 2 nitrogen and oxygen atoms in total. The predicted octanol–water partition coefficient (Wildman–Crippen LogP) is 8.66. The van der Waals surface area contributed by atoms with Gasteiger partial charge in [0.25, 0.3) is 0 Å². The van der Waals surface area contributed by atoms with E-state index in [9.17, 15) is 4.79 Å². The molecule has 2 aromatic carbocycles. The maximum Gasteiger partial charge on any atom is 0.343 e. The molecule has 0 spiro atoms. The molecule has 0 N–H and O–H groups in total. The largest absolute Gasteiger partial charge is 0.423 e. The quantitative estimate of drug-likeness (QED) is 0.198. The van der Waals surface area contributed by atoms with E-state index in [1.807, 2.05) is 12.1 Å². The van der Waals surface area contributed by atoms with Crippen LogP contribution in [0.25, 0.3) is 0 Å². The molecule has 0 aliphatic heterocycles. The summed E-state index contributed by atoms with van der Waals surface area (Å²) in [7, 11) is 0. The molecular formula is C28H37ClO2. The van der Waals surface area contributed by atoms with Gasteiger partial charge in [-0.25, -0.2) is 4.79 Å². The van der Waals surface area contributed by atoms with E-state index in [-0.39, 0.29) is 5.97 Å². The first-order valence-electron chi connectivity index (χ1n) is 12.2. The van der Waals surface area contributed by atoms with Gasteiger partial charge in [0.05, 0.1) is 5.56 Å². The number of halogens is 1. The highest BCUT2D eigenvalue weighted by atomic mass is 35.5. The predicted molar refractivity (Wildman–Crippen MR) is 130 cm³/mol. The highest BCUT2D eigenvalue weighted by Gasteiger charge is 2.20. The van der Waals surface area contributed by atoms with Crippen LogP contribution in [0.15, 0.2) is 48.5 Å². The minimum atomic E-state index is -0.334. The number of carbonyl (C=O) groups is 1. The van der Waals surface area contributed by atoms with Crippen LogP contribution in [0.4, 0.5) is 0 Å². The highest BCUT2D eigenvalue weighted by molar-refractivity contribution is 6.30. The smallest absolute Gasteiger partial charge is 0.343 e. The van der Waals surface area contributed by atoms with Crippen molar-refractivity contribution in [2.45, 2.75) is 84.0 Å². The number of ether oxygens (including phenoxy) is 1. The first-order valence-corrected chi connectivity index (χ1v) is 12.6. The molecule has 3 rings (SSSR count). The van der Waals surface area contributed by atoms with Gasteiger partial charge in [0.1, 0.15) is 5.75 Å². The molecule has 1 saturated carbocycles. The van der Waals surface area contributed by atoms with E-state index in [2.05, 4.69) is 19.1 Å². The third-order valence-corrected chi connectivity index (χ3v) is 6.98. The number of aryl methyl sites for hydroxylation is 1. The van der Waals surface area contributed by atoms with Gasteiger partial charge < -0.3 is 4.74 Å². The molecule has 1 aliphatic rings. The van der Waals surface area contributed by atoms with Gasteiger partial charge in [-0.3, -0.25) is 0 Å². The Kier molecular flexibility index (Phi) is 9.93. The van der Waals surface area contributed by atoms with Gasteiger partial charge >= 0.3 is 5.97 Å². The number of benzene rings is 2. The van der Waals surface area contributed by atoms with Crippen molar-refractivity contribution >= 4 is 17.6 Å². The van der Waals surface area contributed by atoms with Crippen molar-refractivity contribution in [3.63, 3.8) is 0 Å². The molecule has 0 heterocycles. The van der Waals surface area contributed by atoms with E-state index in [1.54, 1.807) is 24.3 Å². The lowest BCUT2D eigenvalue weighted by Gasteiger charge is -2.28. The molecule has 168 valence electrons. The number of rotatable bonds is 11. The highest BCUT2D eigenvalue weighted by Crippen LogP contribution is 2.34. The Morgan fingerprint density at radius 1 is 0.839 bits per heavy atom. The first kappa shape index (κ1) is 23.9. The summed E-state index contributed by atoms with van der Waals surface area (Å²) in [5.41, 5.74) is 1.87. The van der Waals surface area contributed by atoms with Crippen LogP contribution in [-0.4, -0.2) is 5.97 Å². The Morgan fingerprint density at radius 3 is 2.00 bits per heavy atom. The summed E-state index contributed by atoms with van der Waals surface area (Å²) in [6.07, 6.45) is 16.5. The molecule has 0 unspecified atom stereocenters. The lowest BCUT2D eigenvalue weighted by molar-refractivity contribution is 0.0735. The zero-order chi connectivity index (χ0) is 21.9. The zero-order valence-electron chi connectivity index (χ0n) is 19.0. The molecule has 1 fully saturated rings. The van der Waals surface area contributed by atoms with Crippen molar-refractivity contribution < 1.29 is 9.53 Å². The van der Waals surface area contributed by atoms with Crippen LogP contribution < -0.4 is 4.74 Å². The standard InChI is InChI=1S/C28H37ClO2/c1-2-3-4-7-22-10-12-23(13-11-22)8-5-6-9-24-14-16-25(17-15-24)28(30)31-27-20-18-26(29)19-21-27/h14-23H,2-13H2,1H3/t22-,23-. The Hall–Kier alpha value is -1.80. The second-order valence-electron chi connectivity index (χ2n) is 9.17. The van der Waals surface area contributed by atoms with E-state index in [0.29, 0.717) is 16.3 Å². The Labute approximate surface area is 193 Å². The van der Waals surface area contributed by atoms with Crippen molar-refractivity contribution in [1.29, 1.82) is 0 Å². The van der Waals surface area contributed by atoms with Crippen molar-refractivity contribution in [1.82, 2.24) is 0 Å². The summed E-state index contributed by atoms with van der Waals surface area (Å²) in [4.78, 5) is 12.3. The molecule has 2 aromatic rings. The number of carbonyl (C=O) groups excluding carboxylic acids is 1. The normalized spacial score (nSPS) is 18.6. The van der Waals surface area contributed by atoms with E-state index in [0.717, 1.165) is 18.3 Å². The maximum atomic E-state index is 12.3. The number of esters is 1. The van der Waals surface area contributed by atoms with E-state index in [1.165, 1.54) is 76.2 Å². The average Bonchev–Trinajstić information content (AvgIpc) is 2.80. The molecule has 0 amide bonds. The monoisotopic (exact) mass is 440 g/mol. The maximum absolute atomic E-state index is 12.3. The van der Waals surface area contributed by atoms with Crippen molar-refractivity contribution in [2.24, 2.45) is 11.8 Å². The summed E-state index contributed by atoms with van der Waals surface area (Å²) in [5, 5.41) is 0.624. The van der Waals surface area contributed by atoms with Gasteiger partial charge in [0.2, 0.25) is 0 Å². The molecule has 1 aliphatic carbocycles. The van der Waals surface area contributed by atoms with Crippen LogP contribution in [-0.2, 0) is 6.42 Å². The van der Waals surface area contributed by atoms with Crippen molar-refractivity contribution in [3.8, 4) is 5.75 Å². The van der Waals surface area contributed by atoms with Crippen LogP contribution in [0.1, 0.15) is 93.5 Å². The van der Waals surface area contributed by atoms with Crippen LogP contribution in [0.2, 0.25) is 5.02 Å². The van der Waals surface area contributed by atoms with Gasteiger partial charge in [0, 0.05) is 5.02 Å². The summed E-state index contributed by atoms with van der Waals surface area (Å²) < 4.78 is 5.40. The van der Waals surface area contributed by atoms with Gasteiger partial charge in [-0.2, -0.15) is 0 Å². The molecular weight excluding hydrogens is 404 g/mol. The minimum absolute atomic E-state index is 0.334. The fraction of sp³-hybridized carbons (Fsp3) is 0.536. The molecule has 0 aromatic heterocycles. The first-order chi connectivity index (χ1) is 15.1. The molecule has 0 bridgehead atoms. The molecule has 0 radical (unpaired) electrons. The van der Waals surface area contributed by atoms with E-state index < -0.39 is 0 Å². The van der Waals surface area contributed by atoms with Crippen molar-refractivity contribution in [3.05, 3.63) is 64.7 Å². The average molecular weight is 441 g/mol. The number of hydrogen-bond donors (Lipinski definition) is 0.